The summed E-state index contributed by atoms with van der Waals surface area (Å²) in [6.45, 7) is 0.552. The molecule has 0 saturated carbocycles. The summed E-state index contributed by atoms with van der Waals surface area (Å²) in [6.07, 6.45) is 1.45. The topological polar surface area (TPSA) is 77.9 Å². The summed E-state index contributed by atoms with van der Waals surface area (Å²) in [5.41, 5.74) is 2.40. The van der Waals surface area contributed by atoms with Crippen molar-refractivity contribution in [2.24, 2.45) is 0 Å². The summed E-state index contributed by atoms with van der Waals surface area (Å²) in [4.78, 5) is 13.3. The number of hydrogen-bond donors (Lipinski definition) is 1. The summed E-state index contributed by atoms with van der Waals surface area (Å²) in [5.74, 6) is -1.09. The van der Waals surface area contributed by atoms with Crippen molar-refractivity contribution < 1.29 is 18.3 Å². The minimum Gasteiger partial charge on any atom is -0.478 e. The van der Waals surface area contributed by atoms with Crippen LogP contribution in [0.5, 0.6) is 0 Å². The molecule has 0 unspecified atom stereocenters. The van der Waals surface area contributed by atoms with E-state index in [1.165, 1.54) is 10.4 Å². The highest BCUT2D eigenvalue weighted by Crippen LogP contribution is 2.32. The average molecular weight is 386 g/mol. The Morgan fingerprint density at radius 3 is 2.44 bits per heavy atom. The first-order valence-electron chi connectivity index (χ1n) is 8.54. The molecule has 3 rings (SSSR count). The number of carboxylic acid groups (broad SMARTS) is 1. The largest absolute Gasteiger partial charge is 0.478 e. The fourth-order valence-corrected chi connectivity index (χ4v) is 4.73. The number of rotatable bonds is 6. The van der Waals surface area contributed by atoms with Crippen LogP contribution in [0.1, 0.15) is 5.56 Å². The van der Waals surface area contributed by atoms with Crippen LogP contribution in [-0.2, 0) is 21.4 Å². The van der Waals surface area contributed by atoms with Gasteiger partial charge >= 0.3 is 5.97 Å². The van der Waals surface area contributed by atoms with Gasteiger partial charge in [0.1, 0.15) is 0 Å². The molecule has 6 nitrogen and oxygen atoms in total. The normalized spacial score (nSPS) is 15.1. The molecular formula is C20H22N2O4S. The Labute approximate surface area is 159 Å². The molecule has 2 aromatic rings. The van der Waals surface area contributed by atoms with Crippen molar-refractivity contribution in [3.05, 3.63) is 65.7 Å². The van der Waals surface area contributed by atoms with Gasteiger partial charge < -0.3 is 10.0 Å². The van der Waals surface area contributed by atoms with E-state index in [-0.39, 0.29) is 23.6 Å². The lowest BCUT2D eigenvalue weighted by Crippen LogP contribution is -2.30. The van der Waals surface area contributed by atoms with Crippen molar-refractivity contribution in [1.29, 1.82) is 0 Å². The lowest BCUT2D eigenvalue weighted by molar-refractivity contribution is -0.132. The van der Waals surface area contributed by atoms with Crippen LogP contribution in [-0.4, -0.2) is 55.9 Å². The third-order valence-corrected chi connectivity index (χ3v) is 6.26. The molecule has 1 N–H and O–H groups in total. The highest BCUT2D eigenvalue weighted by Gasteiger charge is 2.32. The zero-order valence-electron chi connectivity index (χ0n) is 15.3. The standard InChI is InChI=1S/C20H22N2O4S/c1-21(2)13-15-8-9-18(16-6-4-3-5-7-16)19(12-15)27(25,26)22-11-10-17(14-22)20(23)24/h3-10,12H,11,13-14H2,1-2H3,(H,23,24). The molecule has 1 aliphatic rings. The molecule has 2 aromatic carbocycles. The molecule has 0 saturated heterocycles. The molecule has 0 fully saturated rings. The van der Waals surface area contributed by atoms with Crippen molar-refractivity contribution in [3.63, 3.8) is 0 Å². The third kappa shape index (κ3) is 4.10. The maximum absolute atomic E-state index is 13.3. The number of carboxylic acids is 1. The van der Waals surface area contributed by atoms with Crippen molar-refractivity contribution >= 4 is 16.0 Å². The van der Waals surface area contributed by atoms with Crippen LogP contribution < -0.4 is 0 Å². The molecule has 7 heteroatoms. The summed E-state index contributed by atoms with van der Waals surface area (Å²) in [5, 5.41) is 9.15. The smallest absolute Gasteiger partial charge is 0.332 e. The zero-order valence-corrected chi connectivity index (χ0v) is 16.1. The Balaban J connectivity index is 2.07. The van der Waals surface area contributed by atoms with Gasteiger partial charge in [-0.3, -0.25) is 0 Å². The molecule has 0 aliphatic carbocycles. The van der Waals surface area contributed by atoms with Gasteiger partial charge in [-0.05, 0) is 31.3 Å². The second-order valence-corrected chi connectivity index (χ2v) is 8.67. The lowest BCUT2D eigenvalue weighted by Gasteiger charge is -2.20. The monoisotopic (exact) mass is 386 g/mol. The lowest BCUT2D eigenvalue weighted by atomic mass is 10.0. The van der Waals surface area contributed by atoms with E-state index < -0.39 is 16.0 Å². The minimum atomic E-state index is -3.84. The number of benzene rings is 2. The highest BCUT2D eigenvalue weighted by atomic mass is 32.2. The van der Waals surface area contributed by atoms with Crippen molar-refractivity contribution in [1.82, 2.24) is 9.21 Å². The maximum atomic E-state index is 13.3. The summed E-state index contributed by atoms with van der Waals surface area (Å²) in [6, 6.07) is 14.8. The first kappa shape index (κ1) is 19.3. The van der Waals surface area contributed by atoms with Gasteiger partial charge in [-0.1, -0.05) is 48.5 Å². The van der Waals surface area contributed by atoms with Crippen LogP contribution in [0, 0.1) is 0 Å². The molecule has 1 aliphatic heterocycles. The minimum absolute atomic E-state index is 0.0656. The van der Waals surface area contributed by atoms with E-state index in [1.807, 2.05) is 61.5 Å². The van der Waals surface area contributed by atoms with E-state index in [0.717, 1.165) is 11.1 Å². The Hall–Kier alpha value is -2.48. The van der Waals surface area contributed by atoms with Gasteiger partial charge in [0.05, 0.1) is 4.90 Å². The Morgan fingerprint density at radius 1 is 1.15 bits per heavy atom. The highest BCUT2D eigenvalue weighted by molar-refractivity contribution is 7.89. The van der Waals surface area contributed by atoms with Crippen LogP contribution in [0.25, 0.3) is 11.1 Å². The maximum Gasteiger partial charge on any atom is 0.332 e. The van der Waals surface area contributed by atoms with E-state index in [1.54, 1.807) is 6.07 Å². The Kier molecular flexibility index (Phi) is 5.46. The predicted octanol–water partition coefficient (Wildman–Crippen LogP) is 2.43. The van der Waals surface area contributed by atoms with Gasteiger partial charge in [0.25, 0.3) is 0 Å². The number of aliphatic carboxylic acids is 1. The van der Waals surface area contributed by atoms with E-state index in [4.69, 9.17) is 5.11 Å². The molecule has 0 amide bonds. The van der Waals surface area contributed by atoms with E-state index in [9.17, 15) is 13.2 Å². The van der Waals surface area contributed by atoms with Crippen LogP contribution in [0.2, 0.25) is 0 Å². The first-order valence-corrected chi connectivity index (χ1v) is 9.98. The Bertz CT molecular complexity index is 982. The third-order valence-electron chi connectivity index (χ3n) is 4.41. The fourth-order valence-electron chi connectivity index (χ4n) is 3.11. The SMILES string of the molecule is CN(C)Cc1ccc(-c2ccccc2)c(S(=O)(=O)N2CC=C(C(=O)O)C2)c1. The van der Waals surface area contributed by atoms with Crippen LogP contribution >= 0.6 is 0 Å². The zero-order chi connectivity index (χ0) is 19.6. The van der Waals surface area contributed by atoms with E-state index >= 15 is 0 Å². The van der Waals surface area contributed by atoms with Gasteiger partial charge in [-0.2, -0.15) is 4.31 Å². The molecule has 27 heavy (non-hydrogen) atoms. The number of carbonyl (C=O) groups is 1. The van der Waals surface area contributed by atoms with Crippen molar-refractivity contribution in [2.75, 3.05) is 27.2 Å². The summed E-state index contributed by atoms with van der Waals surface area (Å²) < 4.78 is 27.8. The average Bonchev–Trinajstić information content (AvgIpc) is 3.13. The predicted molar refractivity (Wildman–Crippen MR) is 104 cm³/mol. The van der Waals surface area contributed by atoms with Crippen LogP contribution in [0.15, 0.2) is 65.1 Å². The first-order chi connectivity index (χ1) is 12.8. The van der Waals surface area contributed by atoms with Gasteiger partial charge in [-0.25, -0.2) is 13.2 Å². The van der Waals surface area contributed by atoms with Gasteiger partial charge in [-0.15, -0.1) is 0 Å². The van der Waals surface area contributed by atoms with Crippen molar-refractivity contribution in [3.8, 4) is 11.1 Å². The number of sulfonamides is 1. The molecular weight excluding hydrogens is 364 g/mol. The quantitative estimate of drug-likeness (QED) is 0.825. The number of hydrogen-bond acceptors (Lipinski definition) is 4. The molecule has 142 valence electrons. The van der Waals surface area contributed by atoms with Gasteiger partial charge in [0, 0.05) is 30.8 Å². The van der Waals surface area contributed by atoms with E-state index in [2.05, 4.69) is 0 Å². The summed E-state index contributed by atoms with van der Waals surface area (Å²) in [7, 11) is -0.00393. The molecule has 0 bridgehead atoms. The Morgan fingerprint density at radius 2 is 1.85 bits per heavy atom. The van der Waals surface area contributed by atoms with Crippen LogP contribution in [0.4, 0.5) is 0 Å². The molecule has 0 aromatic heterocycles. The molecule has 0 radical (unpaired) electrons. The molecule has 0 atom stereocenters. The van der Waals surface area contributed by atoms with Gasteiger partial charge in [0.15, 0.2) is 0 Å². The molecule has 0 spiro atoms. The molecule has 1 heterocycles. The van der Waals surface area contributed by atoms with E-state index in [0.29, 0.717) is 12.1 Å². The van der Waals surface area contributed by atoms with Gasteiger partial charge in [0.2, 0.25) is 10.0 Å². The summed E-state index contributed by atoms with van der Waals surface area (Å²) >= 11 is 0. The fraction of sp³-hybridized carbons (Fsp3) is 0.250. The second-order valence-electron chi connectivity index (χ2n) is 6.77. The number of nitrogens with zero attached hydrogens (tertiary/aromatic N) is 2. The van der Waals surface area contributed by atoms with Crippen LogP contribution in [0.3, 0.4) is 0 Å². The van der Waals surface area contributed by atoms with Crippen molar-refractivity contribution in [2.45, 2.75) is 11.4 Å². The second kappa shape index (κ2) is 7.64.